The second-order valence-electron chi connectivity index (χ2n) is 3.87. The van der Waals surface area contributed by atoms with Gasteiger partial charge in [0.15, 0.2) is 0 Å². The van der Waals surface area contributed by atoms with Gasteiger partial charge in [0.05, 0.1) is 15.9 Å². The molecule has 0 spiro atoms. The average Bonchev–Trinajstić information content (AvgIpc) is 2.34. The Morgan fingerprint density at radius 2 is 2.16 bits per heavy atom. The first-order valence-corrected chi connectivity index (χ1v) is 6.98. The van der Waals surface area contributed by atoms with Crippen molar-refractivity contribution in [2.75, 3.05) is 6.54 Å². The number of nitriles is 1. The Hall–Kier alpha value is -1.98. The molecule has 0 bridgehead atoms. The first-order chi connectivity index (χ1) is 8.88. The van der Waals surface area contributed by atoms with Gasteiger partial charge in [-0.15, -0.1) is 0 Å². The lowest BCUT2D eigenvalue weighted by Gasteiger charge is -2.08. The third-order valence-corrected chi connectivity index (χ3v) is 4.03. The Balaban J connectivity index is 2.97. The van der Waals surface area contributed by atoms with Crippen molar-refractivity contribution < 1.29 is 13.3 Å². The Morgan fingerprint density at radius 3 is 2.74 bits per heavy atom. The van der Waals surface area contributed by atoms with Crippen molar-refractivity contribution in [1.82, 2.24) is 4.72 Å². The van der Waals surface area contributed by atoms with E-state index >= 15 is 0 Å². The molecule has 0 amide bonds. The minimum atomic E-state index is -3.79. The van der Waals surface area contributed by atoms with Gasteiger partial charge in [0.1, 0.15) is 0 Å². The topological polar surface area (TPSA) is 113 Å². The number of nitrogens with one attached hydrogen (secondary N) is 1. The van der Waals surface area contributed by atoms with Crippen LogP contribution in [0.1, 0.15) is 18.4 Å². The molecule has 0 saturated heterocycles. The molecule has 0 aliphatic heterocycles. The number of sulfonamides is 1. The molecular weight excluding hydrogens is 270 g/mol. The van der Waals surface area contributed by atoms with Crippen molar-refractivity contribution >= 4 is 15.7 Å². The molecule has 1 aromatic rings. The summed E-state index contributed by atoms with van der Waals surface area (Å²) in [6, 6.07) is 5.58. The van der Waals surface area contributed by atoms with Crippen LogP contribution in [0.4, 0.5) is 5.69 Å². The van der Waals surface area contributed by atoms with Crippen LogP contribution in [-0.2, 0) is 10.0 Å². The summed E-state index contributed by atoms with van der Waals surface area (Å²) >= 11 is 0. The molecule has 0 fully saturated rings. The number of nitrogens with zero attached hydrogens (tertiary/aromatic N) is 2. The molecule has 8 heteroatoms. The van der Waals surface area contributed by atoms with Crippen LogP contribution < -0.4 is 4.72 Å². The van der Waals surface area contributed by atoms with Crippen molar-refractivity contribution in [2.45, 2.75) is 24.7 Å². The van der Waals surface area contributed by atoms with E-state index in [9.17, 15) is 18.5 Å². The standard InChI is InChI=1S/C11H13N3O4S/c1-9-4-5-10(14(15)16)8-11(9)19(17,18)13-7-3-2-6-12/h4-5,8,13H,2-3,7H2,1H3. The highest BCUT2D eigenvalue weighted by Crippen LogP contribution is 2.21. The molecule has 0 saturated carbocycles. The molecule has 0 aliphatic rings. The molecule has 0 aliphatic carbocycles. The summed E-state index contributed by atoms with van der Waals surface area (Å²) in [7, 11) is -3.79. The van der Waals surface area contributed by atoms with Crippen LogP contribution in [0.15, 0.2) is 23.1 Å². The highest BCUT2D eigenvalue weighted by molar-refractivity contribution is 7.89. The predicted molar refractivity (Wildman–Crippen MR) is 67.9 cm³/mol. The largest absolute Gasteiger partial charge is 0.270 e. The quantitative estimate of drug-likeness (QED) is 0.482. The minimum absolute atomic E-state index is 0.112. The summed E-state index contributed by atoms with van der Waals surface area (Å²) in [5.41, 5.74) is 0.154. The van der Waals surface area contributed by atoms with E-state index in [2.05, 4.69) is 4.72 Å². The number of rotatable bonds is 6. The van der Waals surface area contributed by atoms with Crippen molar-refractivity contribution in [3.05, 3.63) is 33.9 Å². The van der Waals surface area contributed by atoms with Crippen LogP contribution >= 0.6 is 0 Å². The Labute approximate surface area is 111 Å². The zero-order valence-electron chi connectivity index (χ0n) is 10.3. The molecule has 19 heavy (non-hydrogen) atoms. The SMILES string of the molecule is Cc1ccc([N+](=O)[O-])cc1S(=O)(=O)NCCCC#N. The number of nitro benzene ring substituents is 1. The maximum atomic E-state index is 12.0. The fourth-order valence-electron chi connectivity index (χ4n) is 1.44. The fourth-order valence-corrected chi connectivity index (χ4v) is 2.78. The maximum Gasteiger partial charge on any atom is 0.270 e. The molecule has 102 valence electrons. The van der Waals surface area contributed by atoms with E-state index in [1.54, 1.807) is 6.92 Å². The van der Waals surface area contributed by atoms with E-state index in [0.29, 0.717) is 12.0 Å². The van der Waals surface area contributed by atoms with Crippen molar-refractivity contribution in [1.29, 1.82) is 5.26 Å². The molecule has 0 radical (unpaired) electrons. The first-order valence-electron chi connectivity index (χ1n) is 5.50. The molecule has 1 rings (SSSR count). The third kappa shape index (κ3) is 4.01. The van der Waals surface area contributed by atoms with Gasteiger partial charge in [0.2, 0.25) is 10.0 Å². The van der Waals surface area contributed by atoms with E-state index in [1.165, 1.54) is 12.1 Å². The first kappa shape index (κ1) is 15.1. The highest BCUT2D eigenvalue weighted by Gasteiger charge is 2.19. The number of non-ortho nitro benzene ring substituents is 1. The van der Waals surface area contributed by atoms with Gasteiger partial charge in [-0.1, -0.05) is 6.07 Å². The molecular formula is C11H13N3O4S. The van der Waals surface area contributed by atoms with Crippen LogP contribution in [0.2, 0.25) is 0 Å². The van der Waals surface area contributed by atoms with Crippen LogP contribution in [0.25, 0.3) is 0 Å². The normalized spacial score (nSPS) is 10.9. The second kappa shape index (κ2) is 6.26. The number of hydrogen-bond acceptors (Lipinski definition) is 5. The summed E-state index contributed by atoms with van der Waals surface area (Å²) < 4.78 is 26.3. The molecule has 1 aromatic carbocycles. The third-order valence-electron chi connectivity index (χ3n) is 2.43. The van der Waals surface area contributed by atoms with Gasteiger partial charge < -0.3 is 0 Å². The highest BCUT2D eigenvalue weighted by atomic mass is 32.2. The van der Waals surface area contributed by atoms with E-state index in [4.69, 9.17) is 5.26 Å². The Kier molecular flexibility index (Phi) is 4.97. The van der Waals surface area contributed by atoms with Crippen LogP contribution in [0, 0.1) is 28.4 Å². The zero-order valence-corrected chi connectivity index (χ0v) is 11.1. The van der Waals surface area contributed by atoms with Crippen molar-refractivity contribution in [2.24, 2.45) is 0 Å². The zero-order chi connectivity index (χ0) is 14.5. The monoisotopic (exact) mass is 283 g/mol. The summed E-state index contributed by atoms with van der Waals surface area (Å²) in [4.78, 5) is 9.89. The lowest BCUT2D eigenvalue weighted by Crippen LogP contribution is -2.25. The number of hydrogen-bond donors (Lipinski definition) is 1. The van der Waals surface area contributed by atoms with E-state index in [0.717, 1.165) is 6.07 Å². The predicted octanol–water partition coefficient (Wildman–Crippen LogP) is 1.49. The number of benzene rings is 1. The Bertz CT molecular complexity index is 619. The van der Waals surface area contributed by atoms with Crippen LogP contribution in [0.5, 0.6) is 0 Å². The van der Waals surface area contributed by atoms with Crippen LogP contribution in [-0.4, -0.2) is 19.9 Å². The lowest BCUT2D eigenvalue weighted by atomic mass is 10.2. The van der Waals surface area contributed by atoms with Gasteiger partial charge in [-0.25, -0.2) is 13.1 Å². The lowest BCUT2D eigenvalue weighted by molar-refractivity contribution is -0.385. The smallest absolute Gasteiger partial charge is 0.258 e. The summed E-state index contributed by atoms with van der Waals surface area (Å²) in [5.74, 6) is 0. The summed E-state index contributed by atoms with van der Waals surface area (Å²) in [6.07, 6.45) is 0.639. The second-order valence-corrected chi connectivity index (χ2v) is 5.60. The molecule has 0 aromatic heterocycles. The van der Waals surface area contributed by atoms with Gasteiger partial charge in [0, 0.05) is 25.1 Å². The maximum absolute atomic E-state index is 12.0. The molecule has 0 heterocycles. The van der Waals surface area contributed by atoms with Gasteiger partial charge in [-0.2, -0.15) is 5.26 Å². The van der Waals surface area contributed by atoms with Crippen LogP contribution in [0.3, 0.4) is 0 Å². The average molecular weight is 283 g/mol. The van der Waals surface area contributed by atoms with Crippen molar-refractivity contribution in [3.63, 3.8) is 0 Å². The van der Waals surface area contributed by atoms with Gasteiger partial charge in [0.25, 0.3) is 5.69 Å². The van der Waals surface area contributed by atoms with E-state index in [-0.39, 0.29) is 23.5 Å². The summed E-state index contributed by atoms with van der Waals surface area (Å²) in [5, 5.41) is 19.0. The molecule has 0 unspecified atom stereocenters. The molecule has 0 atom stereocenters. The van der Waals surface area contributed by atoms with Gasteiger partial charge in [-0.3, -0.25) is 10.1 Å². The molecule has 1 N–H and O–H groups in total. The number of nitro groups is 1. The van der Waals surface area contributed by atoms with Gasteiger partial charge >= 0.3 is 0 Å². The number of unbranched alkanes of at least 4 members (excludes halogenated alkanes) is 1. The van der Waals surface area contributed by atoms with E-state index < -0.39 is 14.9 Å². The Morgan fingerprint density at radius 1 is 1.47 bits per heavy atom. The number of aryl methyl sites for hydroxylation is 1. The summed E-state index contributed by atoms with van der Waals surface area (Å²) in [6.45, 7) is 1.69. The van der Waals surface area contributed by atoms with E-state index in [1.807, 2.05) is 6.07 Å². The molecule has 7 nitrogen and oxygen atoms in total. The van der Waals surface area contributed by atoms with Crippen molar-refractivity contribution in [3.8, 4) is 6.07 Å². The van der Waals surface area contributed by atoms with Gasteiger partial charge in [-0.05, 0) is 18.9 Å². The fraction of sp³-hybridized carbons (Fsp3) is 0.364. The minimum Gasteiger partial charge on any atom is -0.258 e.